The lowest BCUT2D eigenvalue weighted by Crippen LogP contribution is -2.15. The molecule has 0 fully saturated rings. The van der Waals surface area contributed by atoms with Crippen molar-refractivity contribution in [3.05, 3.63) is 100 Å². The van der Waals surface area contributed by atoms with Crippen molar-refractivity contribution in [1.29, 1.82) is 0 Å². The Hall–Kier alpha value is -4.00. The van der Waals surface area contributed by atoms with E-state index in [1.807, 2.05) is 32.0 Å². The highest BCUT2D eigenvalue weighted by Crippen LogP contribution is 2.36. The smallest absolute Gasteiger partial charge is 0.418 e. The Morgan fingerprint density at radius 1 is 0.914 bits per heavy atom. The number of anilines is 1. The van der Waals surface area contributed by atoms with Gasteiger partial charge in [-0.2, -0.15) is 13.2 Å². The maximum Gasteiger partial charge on any atom is 0.418 e. The molecule has 0 spiro atoms. The van der Waals surface area contributed by atoms with Crippen molar-refractivity contribution in [2.75, 3.05) is 5.32 Å². The molecule has 0 aliphatic carbocycles. The quantitative estimate of drug-likeness (QED) is 0.301. The first-order valence-electron chi connectivity index (χ1n) is 11.0. The summed E-state index contributed by atoms with van der Waals surface area (Å²) in [4.78, 5) is 13.2. The van der Waals surface area contributed by atoms with Crippen LogP contribution in [0.3, 0.4) is 0 Å². The van der Waals surface area contributed by atoms with Gasteiger partial charge < -0.3 is 15.0 Å². The average Bonchev–Trinajstić information content (AvgIpc) is 3.08. The molecule has 0 aliphatic heterocycles. The van der Waals surface area contributed by atoms with E-state index < -0.39 is 17.6 Å². The SMILES string of the molecule is Cc1ccc(-c2ccc(O)c(NC(=O)c3cc(C)n(-c4ccccc4C(F)(F)F)c3C)c2)c(C)c1. The molecule has 1 heterocycles. The number of benzene rings is 3. The van der Waals surface area contributed by atoms with Gasteiger partial charge in [-0.1, -0.05) is 42.0 Å². The number of phenols is 1. The first-order valence-corrected chi connectivity index (χ1v) is 11.0. The molecular weight excluding hydrogens is 453 g/mol. The molecule has 0 saturated heterocycles. The van der Waals surface area contributed by atoms with Crippen molar-refractivity contribution in [3.63, 3.8) is 0 Å². The van der Waals surface area contributed by atoms with Crippen LogP contribution in [0.25, 0.3) is 16.8 Å². The number of aromatic nitrogens is 1. The average molecular weight is 479 g/mol. The van der Waals surface area contributed by atoms with E-state index in [2.05, 4.69) is 5.32 Å². The van der Waals surface area contributed by atoms with E-state index in [1.54, 1.807) is 32.0 Å². The number of phenolic OH excluding ortho intramolecular Hbond substituents is 1. The van der Waals surface area contributed by atoms with E-state index in [0.717, 1.165) is 28.3 Å². The standard InChI is InChI=1S/C28H25F3N2O2/c1-16-9-11-21(17(2)13-16)20-10-12-26(34)24(15-20)32-27(35)22-14-18(3)33(19(22)4)25-8-6-5-7-23(25)28(29,30)31/h5-15,34H,1-4H3,(H,32,35). The second-order valence-corrected chi connectivity index (χ2v) is 8.64. The van der Waals surface area contributed by atoms with Crippen molar-refractivity contribution in [2.45, 2.75) is 33.9 Å². The zero-order valence-corrected chi connectivity index (χ0v) is 19.8. The van der Waals surface area contributed by atoms with Crippen LogP contribution in [0, 0.1) is 27.7 Å². The maximum absolute atomic E-state index is 13.6. The molecule has 0 atom stereocenters. The lowest BCUT2D eigenvalue weighted by atomic mass is 9.98. The molecule has 0 saturated carbocycles. The van der Waals surface area contributed by atoms with Gasteiger partial charge in [0, 0.05) is 11.4 Å². The highest BCUT2D eigenvalue weighted by molar-refractivity contribution is 6.06. The number of rotatable bonds is 4. The summed E-state index contributed by atoms with van der Waals surface area (Å²) >= 11 is 0. The van der Waals surface area contributed by atoms with Crippen molar-refractivity contribution in [2.24, 2.45) is 0 Å². The van der Waals surface area contributed by atoms with E-state index in [9.17, 15) is 23.1 Å². The fraction of sp³-hybridized carbons (Fsp3) is 0.179. The third-order valence-electron chi connectivity index (χ3n) is 6.06. The van der Waals surface area contributed by atoms with Crippen molar-refractivity contribution >= 4 is 11.6 Å². The van der Waals surface area contributed by atoms with Gasteiger partial charge in [-0.3, -0.25) is 4.79 Å². The second-order valence-electron chi connectivity index (χ2n) is 8.64. The molecule has 4 nitrogen and oxygen atoms in total. The Morgan fingerprint density at radius 3 is 2.31 bits per heavy atom. The van der Waals surface area contributed by atoms with Gasteiger partial charge in [0.1, 0.15) is 5.75 Å². The molecular formula is C28H25F3N2O2. The van der Waals surface area contributed by atoms with Gasteiger partial charge in [-0.15, -0.1) is 0 Å². The first kappa shape index (κ1) is 24.1. The minimum absolute atomic E-state index is 0.0475. The summed E-state index contributed by atoms with van der Waals surface area (Å²) in [5, 5.41) is 13.1. The fourth-order valence-corrected chi connectivity index (χ4v) is 4.40. The molecule has 35 heavy (non-hydrogen) atoms. The fourth-order valence-electron chi connectivity index (χ4n) is 4.40. The second kappa shape index (κ2) is 8.98. The summed E-state index contributed by atoms with van der Waals surface area (Å²) in [5.74, 6) is -0.634. The van der Waals surface area contributed by atoms with Crippen molar-refractivity contribution in [1.82, 2.24) is 4.57 Å². The number of hydrogen-bond donors (Lipinski definition) is 2. The number of nitrogens with one attached hydrogen (secondary N) is 1. The monoisotopic (exact) mass is 478 g/mol. The molecule has 1 amide bonds. The van der Waals surface area contributed by atoms with E-state index >= 15 is 0 Å². The molecule has 7 heteroatoms. The number of hydrogen-bond acceptors (Lipinski definition) is 2. The lowest BCUT2D eigenvalue weighted by molar-refractivity contribution is -0.137. The molecule has 0 aliphatic rings. The highest BCUT2D eigenvalue weighted by atomic mass is 19.4. The lowest BCUT2D eigenvalue weighted by Gasteiger charge is -2.17. The number of para-hydroxylation sites is 1. The predicted octanol–water partition coefficient (Wildman–Crippen LogP) is 7.35. The molecule has 2 N–H and O–H groups in total. The number of nitrogens with zero attached hydrogens (tertiary/aromatic N) is 1. The summed E-state index contributed by atoms with van der Waals surface area (Å²) in [6.07, 6.45) is -4.54. The summed E-state index contributed by atoms with van der Waals surface area (Å²) in [6.45, 7) is 7.24. The number of alkyl halides is 3. The van der Waals surface area contributed by atoms with Crippen LogP contribution >= 0.6 is 0 Å². The van der Waals surface area contributed by atoms with Crippen LogP contribution in [0.5, 0.6) is 5.75 Å². The number of halogens is 3. The molecule has 180 valence electrons. The largest absolute Gasteiger partial charge is 0.506 e. The third-order valence-corrected chi connectivity index (χ3v) is 6.06. The Balaban J connectivity index is 1.70. The van der Waals surface area contributed by atoms with E-state index in [0.29, 0.717) is 11.4 Å². The highest BCUT2D eigenvalue weighted by Gasteiger charge is 2.34. The first-order chi connectivity index (χ1) is 16.5. The molecule has 4 aromatic rings. The zero-order chi connectivity index (χ0) is 25.5. The van der Waals surface area contributed by atoms with Crippen LogP contribution in [0.15, 0.2) is 66.7 Å². The number of aryl methyl sites for hydroxylation is 3. The van der Waals surface area contributed by atoms with Crippen molar-refractivity contribution in [3.8, 4) is 22.6 Å². The molecule has 0 unspecified atom stereocenters. The summed E-state index contributed by atoms with van der Waals surface area (Å²) < 4.78 is 42.2. The van der Waals surface area contributed by atoms with Gasteiger partial charge in [0.05, 0.1) is 22.5 Å². The van der Waals surface area contributed by atoms with Crippen LogP contribution in [0.1, 0.15) is 38.4 Å². The molecule has 4 rings (SSSR count). The summed E-state index contributed by atoms with van der Waals surface area (Å²) in [6, 6.07) is 17.8. The van der Waals surface area contributed by atoms with E-state index in [-0.39, 0.29) is 22.7 Å². The van der Waals surface area contributed by atoms with Crippen LogP contribution in [0.4, 0.5) is 18.9 Å². The minimum Gasteiger partial charge on any atom is -0.506 e. The number of aromatic hydroxyl groups is 1. The molecule has 0 bridgehead atoms. The van der Waals surface area contributed by atoms with E-state index in [1.165, 1.54) is 28.8 Å². The van der Waals surface area contributed by atoms with Gasteiger partial charge in [0.15, 0.2) is 0 Å². The molecule has 3 aromatic carbocycles. The van der Waals surface area contributed by atoms with Gasteiger partial charge in [-0.05, 0) is 74.7 Å². The number of carbonyl (C=O) groups excluding carboxylic acids is 1. The van der Waals surface area contributed by atoms with Crippen LogP contribution in [0.2, 0.25) is 0 Å². The van der Waals surface area contributed by atoms with Crippen LogP contribution in [-0.2, 0) is 6.18 Å². The molecule has 0 radical (unpaired) electrons. The topological polar surface area (TPSA) is 54.3 Å². The van der Waals surface area contributed by atoms with Gasteiger partial charge in [0.2, 0.25) is 0 Å². The third kappa shape index (κ3) is 4.67. The van der Waals surface area contributed by atoms with Gasteiger partial charge in [-0.25, -0.2) is 0 Å². The minimum atomic E-state index is -4.54. The van der Waals surface area contributed by atoms with Crippen molar-refractivity contribution < 1.29 is 23.1 Å². The Kier molecular flexibility index (Phi) is 6.19. The predicted molar refractivity (Wildman–Crippen MR) is 131 cm³/mol. The maximum atomic E-state index is 13.6. The van der Waals surface area contributed by atoms with Gasteiger partial charge in [0.25, 0.3) is 5.91 Å². The van der Waals surface area contributed by atoms with E-state index in [4.69, 9.17) is 0 Å². The normalized spacial score (nSPS) is 11.5. The summed E-state index contributed by atoms with van der Waals surface area (Å²) in [5.41, 5.74) is 4.42. The summed E-state index contributed by atoms with van der Waals surface area (Å²) in [7, 11) is 0. The zero-order valence-electron chi connectivity index (χ0n) is 19.8. The Labute approximate surface area is 201 Å². The Morgan fingerprint density at radius 2 is 1.63 bits per heavy atom. The Bertz CT molecular complexity index is 1430. The van der Waals surface area contributed by atoms with Crippen LogP contribution in [-0.4, -0.2) is 15.6 Å². The molecule has 1 aromatic heterocycles. The number of carbonyl (C=O) groups is 1. The number of amides is 1. The van der Waals surface area contributed by atoms with Gasteiger partial charge >= 0.3 is 6.18 Å². The van der Waals surface area contributed by atoms with Crippen LogP contribution < -0.4 is 5.32 Å².